The minimum atomic E-state index is -0.471. The van der Waals surface area contributed by atoms with Crippen molar-refractivity contribution >= 4 is 27.4 Å². The number of carbonyl (C=O) groups is 1. The summed E-state index contributed by atoms with van der Waals surface area (Å²) in [4.78, 5) is 13.3. The minimum Gasteiger partial charge on any atom is -0.462 e. The van der Waals surface area contributed by atoms with Crippen LogP contribution in [0.25, 0.3) is 10.1 Å². The Morgan fingerprint density at radius 1 is 1.23 bits per heavy atom. The maximum Gasteiger partial charge on any atom is 0.336 e. The Morgan fingerprint density at radius 3 is 2.70 bits per heavy atom. The summed E-state index contributed by atoms with van der Waals surface area (Å²) in [5.74, 6) is -0.00822. The van der Waals surface area contributed by atoms with E-state index in [0.29, 0.717) is 35.2 Å². The summed E-state index contributed by atoms with van der Waals surface area (Å²) in [6.07, 6.45) is 4.29. The summed E-state index contributed by atoms with van der Waals surface area (Å²) in [6.45, 7) is 2.34. The Kier molecular flexibility index (Phi) is 4.60. The first kappa shape index (κ1) is 18.9. The Labute approximate surface area is 179 Å². The molecule has 1 aliphatic heterocycles. The quantitative estimate of drug-likeness (QED) is 0.704. The number of hydrogen-bond donors (Lipinski definition) is 1. The molecule has 0 radical (unpaired) electrons. The minimum absolute atomic E-state index is 0.311. The molecular weight excluding hydrogens is 394 g/mol. The second kappa shape index (κ2) is 7.31. The summed E-state index contributed by atoms with van der Waals surface area (Å²) in [7, 11) is 0. The third-order valence-corrected chi connectivity index (χ3v) is 7.18. The standard InChI is InChI=1S/C24H21N3O2S/c1-13-18(10-26)20(19-12-30-23-16(9-25)3-2-4-17(19)23)21(22(27-13)15-7-8-15)24(28)29-11-14-5-6-14/h2-4,12,14-15,20,27H,5-8,11H2,1H3. The number of rotatable bonds is 5. The fourth-order valence-corrected chi connectivity index (χ4v) is 5.24. The number of nitrogens with zero attached hydrogens (tertiary/aromatic N) is 2. The molecule has 3 aliphatic rings. The Balaban J connectivity index is 1.67. The number of nitrogens with one attached hydrogen (secondary N) is 1. The SMILES string of the molecule is CC1=C(C#N)C(c2csc3c(C#N)cccc23)C(C(=O)OCC2CC2)=C(C2CC2)N1. The van der Waals surface area contributed by atoms with Gasteiger partial charge in [-0.05, 0) is 66.8 Å². The van der Waals surface area contributed by atoms with Crippen LogP contribution in [0.15, 0.2) is 46.1 Å². The number of thiophene rings is 1. The van der Waals surface area contributed by atoms with Gasteiger partial charge in [0.2, 0.25) is 0 Å². The van der Waals surface area contributed by atoms with Gasteiger partial charge in [0.15, 0.2) is 0 Å². The molecule has 5 rings (SSSR count). The predicted molar refractivity (Wildman–Crippen MR) is 114 cm³/mol. The molecule has 1 unspecified atom stereocenters. The largest absolute Gasteiger partial charge is 0.462 e. The van der Waals surface area contributed by atoms with E-state index in [2.05, 4.69) is 17.5 Å². The van der Waals surface area contributed by atoms with Crippen LogP contribution in [0.3, 0.4) is 0 Å². The number of fused-ring (bicyclic) bond motifs is 1. The van der Waals surface area contributed by atoms with Crippen LogP contribution in [0.4, 0.5) is 0 Å². The summed E-state index contributed by atoms with van der Waals surface area (Å²) >= 11 is 1.49. The van der Waals surface area contributed by atoms with Crippen LogP contribution in [-0.4, -0.2) is 12.6 Å². The van der Waals surface area contributed by atoms with Gasteiger partial charge in [0.05, 0.1) is 40.0 Å². The molecule has 0 amide bonds. The lowest BCUT2D eigenvalue weighted by atomic mass is 9.80. The topological polar surface area (TPSA) is 85.9 Å². The van der Waals surface area contributed by atoms with E-state index in [1.165, 1.54) is 11.3 Å². The molecule has 6 heteroatoms. The van der Waals surface area contributed by atoms with E-state index in [0.717, 1.165) is 52.7 Å². The smallest absolute Gasteiger partial charge is 0.336 e. The first-order chi connectivity index (χ1) is 14.6. The van der Waals surface area contributed by atoms with Gasteiger partial charge in [0.1, 0.15) is 6.07 Å². The molecule has 30 heavy (non-hydrogen) atoms. The monoisotopic (exact) mass is 415 g/mol. The lowest BCUT2D eigenvalue weighted by molar-refractivity contribution is -0.139. The molecule has 150 valence electrons. The van der Waals surface area contributed by atoms with Crippen LogP contribution in [-0.2, 0) is 9.53 Å². The number of nitriles is 2. The van der Waals surface area contributed by atoms with Crippen LogP contribution in [0, 0.1) is 34.5 Å². The molecule has 0 saturated heterocycles. The summed E-state index contributed by atoms with van der Waals surface area (Å²) < 4.78 is 6.60. The number of esters is 1. The van der Waals surface area contributed by atoms with Crippen molar-refractivity contribution in [3.8, 4) is 12.1 Å². The zero-order valence-electron chi connectivity index (χ0n) is 16.7. The molecule has 1 aromatic carbocycles. The van der Waals surface area contributed by atoms with Crippen molar-refractivity contribution in [3.05, 3.63) is 57.2 Å². The lowest BCUT2D eigenvalue weighted by Crippen LogP contribution is -2.31. The molecule has 2 saturated carbocycles. The Morgan fingerprint density at radius 2 is 2.03 bits per heavy atom. The second-order valence-electron chi connectivity index (χ2n) is 8.34. The molecule has 0 spiro atoms. The summed E-state index contributed by atoms with van der Waals surface area (Å²) in [6, 6.07) is 10.2. The lowest BCUT2D eigenvalue weighted by Gasteiger charge is -2.29. The van der Waals surface area contributed by atoms with Crippen LogP contribution >= 0.6 is 11.3 Å². The van der Waals surface area contributed by atoms with E-state index in [1.807, 2.05) is 24.4 Å². The van der Waals surface area contributed by atoms with E-state index < -0.39 is 5.92 Å². The van der Waals surface area contributed by atoms with Crippen molar-refractivity contribution in [3.63, 3.8) is 0 Å². The van der Waals surface area contributed by atoms with Crippen molar-refractivity contribution in [1.29, 1.82) is 10.5 Å². The highest BCUT2D eigenvalue weighted by molar-refractivity contribution is 7.17. The number of ether oxygens (including phenoxy) is 1. The first-order valence-corrected chi connectivity index (χ1v) is 11.2. The number of hydrogen-bond acceptors (Lipinski definition) is 6. The van der Waals surface area contributed by atoms with Crippen molar-refractivity contribution in [2.24, 2.45) is 11.8 Å². The molecule has 1 aromatic heterocycles. The highest BCUT2D eigenvalue weighted by atomic mass is 32.1. The molecule has 2 fully saturated rings. The number of benzene rings is 1. The molecule has 1 atom stereocenters. The van der Waals surface area contributed by atoms with Gasteiger partial charge in [-0.15, -0.1) is 11.3 Å². The zero-order chi connectivity index (χ0) is 20.8. The van der Waals surface area contributed by atoms with Crippen molar-refractivity contribution < 1.29 is 9.53 Å². The van der Waals surface area contributed by atoms with Crippen molar-refractivity contribution in [2.75, 3.05) is 6.61 Å². The van der Waals surface area contributed by atoms with E-state index in [9.17, 15) is 15.3 Å². The average molecular weight is 416 g/mol. The molecule has 1 N–H and O–H groups in total. The molecule has 2 heterocycles. The van der Waals surface area contributed by atoms with Gasteiger partial charge in [-0.3, -0.25) is 0 Å². The van der Waals surface area contributed by atoms with E-state index in [-0.39, 0.29) is 5.97 Å². The van der Waals surface area contributed by atoms with Gasteiger partial charge in [-0.2, -0.15) is 10.5 Å². The maximum atomic E-state index is 13.3. The molecular formula is C24H21N3O2S. The molecule has 5 nitrogen and oxygen atoms in total. The van der Waals surface area contributed by atoms with Gasteiger partial charge < -0.3 is 10.1 Å². The highest BCUT2D eigenvalue weighted by Gasteiger charge is 2.41. The Hall–Kier alpha value is -3.09. The number of carbonyl (C=O) groups excluding carboxylic acids is 1. The van der Waals surface area contributed by atoms with E-state index in [4.69, 9.17) is 4.74 Å². The van der Waals surface area contributed by atoms with Gasteiger partial charge in [-0.1, -0.05) is 12.1 Å². The fraction of sp³-hybridized carbons (Fsp3) is 0.375. The Bertz CT molecular complexity index is 1200. The highest BCUT2D eigenvalue weighted by Crippen LogP contribution is 2.48. The van der Waals surface area contributed by atoms with E-state index in [1.54, 1.807) is 6.07 Å². The van der Waals surface area contributed by atoms with Crippen LogP contribution < -0.4 is 5.32 Å². The van der Waals surface area contributed by atoms with Gasteiger partial charge >= 0.3 is 5.97 Å². The summed E-state index contributed by atoms with van der Waals surface area (Å²) in [5.41, 5.74) is 4.33. The normalized spacial score (nSPS) is 21.2. The van der Waals surface area contributed by atoms with Gasteiger partial charge in [0.25, 0.3) is 0 Å². The van der Waals surface area contributed by atoms with Crippen molar-refractivity contribution in [2.45, 2.75) is 38.5 Å². The first-order valence-electron chi connectivity index (χ1n) is 10.3. The molecule has 0 bridgehead atoms. The second-order valence-corrected chi connectivity index (χ2v) is 9.22. The summed E-state index contributed by atoms with van der Waals surface area (Å²) in [5, 5.41) is 25.8. The third kappa shape index (κ3) is 3.18. The third-order valence-electron chi connectivity index (χ3n) is 6.13. The zero-order valence-corrected chi connectivity index (χ0v) is 17.5. The van der Waals surface area contributed by atoms with Crippen LogP contribution in [0.1, 0.15) is 49.7 Å². The van der Waals surface area contributed by atoms with Crippen LogP contribution in [0.2, 0.25) is 0 Å². The van der Waals surface area contributed by atoms with Gasteiger partial charge in [0, 0.05) is 11.4 Å². The molecule has 2 aliphatic carbocycles. The number of allylic oxidation sites excluding steroid dienone is 3. The van der Waals surface area contributed by atoms with Gasteiger partial charge in [-0.25, -0.2) is 4.79 Å². The van der Waals surface area contributed by atoms with Crippen LogP contribution in [0.5, 0.6) is 0 Å². The molecule has 2 aromatic rings. The number of dihydropyridines is 1. The predicted octanol–water partition coefficient (Wildman–Crippen LogP) is 4.87. The maximum absolute atomic E-state index is 13.3. The fourth-order valence-electron chi connectivity index (χ4n) is 4.18. The van der Waals surface area contributed by atoms with Crippen molar-refractivity contribution in [1.82, 2.24) is 5.32 Å². The van der Waals surface area contributed by atoms with E-state index >= 15 is 0 Å². The average Bonchev–Trinajstić information content (AvgIpc) is 3.68.